The number of nitrogens with zero attached hydrogens (tertiary/aromatic N) is 3. The normalized spacial score (nSPS) is 11.6. The molecule has 0 bridgehead atoms. The molecule has 4 aromatic rings. The highest BCUT2D eigenvalue weighted by Gasteiger charge is 2.15. The van der Waals surface area contributed by atoms with E-state index in [4.69, 9.17) is 9.97 Å². The Balaban J connectivity index is 1.74. The van der Waals surface area contributed by atoms with Gasteiger partial charge in [0.15, 0.2) is 5.82 Å². The number of aryl methyl sites for hydroxylation is 1. The van der Waals surface area contributed by atoms with Crippen LogP contribution in [0.1, 0.15) is 19.4 Å². The van der Waals surface area contributed by atoms with Gasteiger partial charge >= 0.3 is 0 Å². The summed E-state index contributed by atoms with van der Waals surface area (Å²) in [5.41, 5.74) is 4.23. The lowest BCUT2D eigenvalue weighted by Crippen LogP contribution is -2.28. The smallest absolute Gasteiger partial charge is 0.178 e. The Morgan fingerprint density at radius 2 is 1.64 bits per heavy atom. The highest BCUT2D eigenvalue weighted by molar-refractivity contribution is 5.93. The molecule has 0 radical (unpaired) electrons. The fourth-order valence-electron chi connectivity index (χ4n) is 3.70. The van der Waals surface area contributed by atoms with Gasteiger partial charge in [0.2, 0.25) is 0 Å². The number of likely N-dealkylation sites (N-methyl/N-ethyl adjacent to an activating group) is 1. The van der Waals surface area contributed by atoms with Crippen molar-refractivity contribution in [2.45, 2.75) is 20.8 Å². The minimum Gasteiger partial charge on any atom is -0.368 e. The third-order valence-electron chi connectivity index (χ3n) is 5.41. The number of rotatable bonds is 7. The number of hydrogen-bond donors (Lipinski definition) is 2. The lowest BCUT2D eigenvalue weighted by molar-refractivity contribution is 0.316. The van der Waals surface area contributed by atoms with Gasteiger partial charge in [-0.2, -0.15) is 0 Å². The number of aromatic amines is 1. The van der Waals surface area contributed by atoms with Gasteiger partial charge in [0.1, 0.15) is 5.82 Å². The largest absolute Gasteiger partial charge is 0.368 e. The van der Waals surface area contributed by atoms with Crippen molar-refractivity contribution in [1.82, 2.24) is 19.9 Å². The summed E-state index contributed by atoms with van der Waals surface area (Å²) < 4.78 is 0. The average Bonchev–Trinajstić information content (AvgIpc) is 3.08. The number of nitrogens with one attached hydrogen (secondary N) is 2. The Labute approximate surface area is 165 Å². The zero-order valence-corrected chi connectivity index (χ0v) is 16.8. The molecule has 0 aliphatic carbocycles. The number of H-pyrrole nitrogens is 1. The van der Waals surface area contributed by atoms with Gasteiger partial charge in [0.25, 0.3) is 0 Å². The fourth-order valence-corrected chi connectivity index (χ4v) is 3.70. The highest BCUT2D eigenvalue weighted by Crippen LogP contribution is 2.30. The third kappa shape index (κ3) is 3.45. The van der Waals surface area contributed by atoms with Crippen LogP contribution in [0.15, 0.2) is 48.5 Å². The maximum absolute atomic E-state index is 4.90. The maximum Gasteiger partial charge on any atom is 0.178 e. The van der Waals surface area contributed by atoms with Crippen LogP contribution in [-0.2, 0) is 0 Å². The first-order valence-corrected chi connectivity index (χ1v) is 10.0. The Morgan fingerprint density at radius 1 is 0.929 bits per heavy atom. The molecule has 28 heavy (non-hydrogen) atoms. The van der Waals surface area contributed by atoms with Crippen LogP contribution >= 0.6 is 0 Å². The third-order valence-corrected chi connectivity index (χ3v) is 5.41. The molecule has 5 nitrogen and oxygen atoms in total. The number of hydrogen-bond acceptors (Lipinski definition) is 4. The zero-order chi connectivity index (χ0) is 19.5. The summed E-state index contributed by atoms with van der Waals surface area (Å²) >= 11 is 0. The number of aromatic nitrogens is 3. The molecule has 144 valence electrons. The Morgan fingerprint density at radius 3 is 2.39 bits per heavy atom. The molecule has 2 aromatic heterocycles. The van der Waals surface area contributed by atoms with Gasteiger partial charge in [0, 0.05) is 29.4 Å². The van der Waals surface area contributed by atoms with E-state index >= 15 is 0 Å². The molecular weight excluding hydrogens is 346 g/mol. The number of fused-ring (bicyclic) bond motifs is 2. The quantitative estimate of drug-likeness (QED) is 0.487. The van der Waals surface area contributed by atoms with Crippen LogP contribution in [0.3, 0.4) is 0 Å². The standard InChI is InChI=1S/C23H27N5/c1-4-28(5-2)15-14-24-22-18-11-7-9-13-20(18)26-23(27-22)21-16(3)17-10-6-8-12-19(17)25-21/h6-13,25H,4-5,14-15H2,1-3H3,(H,24,26,27). The lowest BCUT2D eigenvalue weighted by Gasteiger charge is -2.18. The first-order valence-electron chi connectivity index (χ1n) is 10.0. The van der Waals surface area contributed by atoms with Crippen LogP contribution in [0.25, 0.3) is 33.3 Å². The van der Waals surface area contributed by atoms with Gasteiger partial charge in [-0.25, -0.2) is 9.97 Å². The Bertz CT molecular complexity index is 1090. The number of para-hydroxylation sites is 2. The summed E-state index contributed by atoms with van der Waals surface area (Å²) in [6.45, 7) is 10.5. The van der Waals surface area contributed by atoms with Crippen molar-refractivity contribution < 1.29 is 0 Å². The Hall–Kier alpha value is -2.92. The lowest BCUT2D eigenvalue weighted by atomic mass is 10.1. The van der Waals surface area contributed by atoms with Crippen LogP contribution in [0.4, 0.5) is 5.82 Å². The molecule has 0 aliphatic rings. The minimum atomic E-state index is 0.734. The van der Waals surface area contributed by atoms with Gasteiger partial charge in [-0.1, -0.05) is 44.2 Å². The minimum absolute atomic E-state index is 0.734. The summed E-state index contributed by atoms with van der Waals surface area (Å²) in [6.07, 6.45) is 0. The van der Waals surface area contributed by atoms with E-state index in [9.17, 15) is 0 Å². The molecule has 0 unspecified atom stereocenters. The van der Waals surface area contributed by atoms with E-state index in [1.165, 1.54) is 10.9 Å². The van der Waals surface area contributed by atoms with E-state index in [2.05, 4.69) is 60.2 Å². The molecule has 2 N–H and O–H groups in total. The van der Waals surface area contributed by atoms with E-state index in [0.717, 1.165) is 59.9 Å². The topological polar surface area (TPSA) is 56.8 Å². The van der Waals surface area contributed by atoms with Gasteiger partial charge in [-0.05, 0) is 43.8 Å². The summed E-state index contributed by atoms with van der Waals surface area (Å²) in [4.78, 5) is 15.7. The summed E-state index contributed by atoms with van der Waals surface area (Å²) in [6, 6.07) is 16.5. The summed E-state index contributed by atoms with van der Waals surface area (Å²) in [7, 11) is 0. The van der Waals surface area contributed by atoms with Crippen molar-refractivity contribution >= 4 is 27.6 Å². The second-order valence-electron chi connectivity index (χ2n) is 7.04. The van der Waals surface area contributed by atoms with Gasteiger partial charge < -0.3 is 15.2 Å². The van der Waals surface area contributed by atoms with Crippen molar-refractivity contribution in [1.29, 1.82) is 0 Å². The average molecular weight is 374 g/mol. The van der Waals surface area contributed by atoms with E-state index in [0.29, 0.717) is 0 Å². The first-order chi connectivity index (χ1) is 13.7. The molecule has 0 atom stereocenters. The molecule has 5 heteroatoms. The predicted molar refractivity (Wildman–Crippen MR) is 118 cm³/mol. The van der Waals surface area contributed by atoms with Crippen LogP contribution in [0.2, 0.25) is 0 Å². The molecule has 0 amide bonds. The maximum atomic E-state index is 4.90. The SMILES string of the molecule is CCN(CC)CCNc1nc(-c2[nH]c3ccccc3c2C)nc2ccccc12. The molecule has 2 heterocycles. The monoisotopic (exact) mass is 373 g/mol. The van der Waals surface area contributed by atoms with Crippen molar-refractivity contribution in [3.8, 4) is 11.5 Å². The first kappa shape index (κ1) is 18.4. The van der Waals surface area contributed by atoms with E-state index in [-0.39, 0.29) is 0 Å². The number of benzene rings is 2. The van der Waals surface area contributed by atoms with Crippen LogP contribution < -0.4 is 5.32 Å². The van der Waals surface area contributed by atoms with Crippen molar-refractivity contribution in [2.24, 2.45) is 0 Å². The van der Waals surface area contributed by atoms with Crippen LogP contribution in [0, 0.1) is 6.92 Å². The molecule has 0 spiro atoms. The van der Waals surface area contributed by atoms with Gasteiger partial charge in [0.05, 0.1) is 11.2 Å². The van der Waals surface area contributed by atoms with Crippen LogP contribution in [-0.4, -0.2) is 46.0 Å². The molecule has 2 aromatic carbocycles. The van der Waals surface area contributed by atoms with Gasteiger partial charge in [-0.15, -0.1) is 0 Å². The van der Waals surface area contributed by atoms with Crippen LogP contribution in [0.5, 0.6) is 0 Å². The molecule has 0 fully saturated rings. The molecule has 0 aliphatic heterocycles. The predicted octanol–water partition coefficient (Wildman–Crippen LogP) is 4.84. The van der Waals surface area contributed by atoms with Crippen molar-refractivity contribution in [3.05, 3.63) is 54.1 Å². The second kappa shape index (κ2) is 7.98. The van der Waals surface area contributed by atoms with Crippen molar-refractivity contribution in [2.75, 3.05) is 31.5 Å². The van der Waals surface area contributed by atoms with E-state index in [1.807, 2.05) is 24.3 Å². The summed E-state index contributed by atoms with van der Waals surface area (Å²) in [5, 5.41) is 5.81. The second-order valence-corrected chi connectivity index (χ2v) is 7.04. The highest BCUT2D eigenvalue weighted by atomic mass is 15.1. The van der Waals surface area contributed by atoms with E-state index in [1.54, 1.807) is 0 Å². The zero-order valence-electron chi connectivity index (χ0n) is 16.8. The summed E-state index contributed by atoms with van der Waals surface area (Å²) in [5.74, 6) is 1.63. The number of anilines is 1. The van der Waals surface area contributed by atoms with Gasteiger partial charge in [-0.3, -0.25) is 0 Å². The molecular formula is C23H27N5. The molecule has 0 saturated carbocycles. The molecule has 0 saturated heterocycles. The van der Waals surface area contributed by atoms with E-state index < -0.39 is 0 Å². The Kier molecular flexibility index (Phi) is 5.26. The molecule has 4 rings (SSSR count). The van der Waals surface area contributed by atoms with Crippen molar-refractivity contribution in [3.63, 3.8) is 0 Å². The fraction of sp³-hybridized carbons (Fsp3) is 0.304.